The summed E-state index contributed by atoms with van der Waals surface area (Å²) in [5, 5.41) is 15.4. The molecular weight excluding hydrogens is 374 g/mol. The lowest BCUT2D eigenvalue weighted by atomic mass is 10.2. The van der Waals surface area contributed by atoms with E-state index in [1.54, 1.807) is 6.20 Å². The van der Waals surface area contributed by atoms with Crippen LogP contribution in [-0.2, 0) is 6.61 Å². The largest absolute Gasteiger partial charge is 0.489 e. The van der Waals surface area contributed by atoms with Crippen molar-refractivity contribution in [1.29, 1.82) is 0 Å². The standard InChI is InChI=1S/C21H22ClN5O/c22-16-7-5-15(6-8-16)14-28-19-11-9-18(10-12-19)24-20-13-23-27-21(26-20)25-17-3-1-2-4-17/h5-13,17H,1-4,14H2,(H2,24,25,26,27). The summed E-state index contributed by atoms with van der Waals surface area (Å²) >= 11 is 5.90. The van der Waals surface area contributed by atoms with Gasteiger partial charge in [0.05, 0.1) is 6.20 Å². The van der Waals surface area contributed by atoms with E-state index in [4.69, 9.17) is 16.3 Å². The molecule has 0 spiro atoms. The summed E-state index contributed by atoms with van der Waals surface area (Å²) < 4.78 is 5.81. The summed E-state index contributed by atoms with van der Waals surface area (Å²) in [4.78, 5) is 4.50. The van der Waals surface area contributed by atoms with Gasteiger partial charge in [-0.25, -0.2) is 0 Å². The van der Waals surface area contributed by atoms with Gasteiger partial charge in [0, 0.05) is 16.8 Å². The molecule has 0 radical (unpaired) electrons. The molecule has 0 unspecified atom stereocenters. The Morgan fingerprint density at radius 3 is 2.50 bits per heavy atom. The lowest BCUT2D eigenvalue weighted by molar-refractivity contribution is 0.306. The van der Waals surface area contributed by atoms with Crippen LogP contribution in [0.1, 0.15) is 31.2 Å². The molecule has 6 nitrogen and oxygen atoms in total. The van der Waals surface area contributed by atoms with Crippen molar-refractivity contribution in [3.63, 3.8) is 0 Å². The zero-order valence-corrected chi connectivity index (χ0v) is 16.2. The first-order valence-corrected chi connectivity index (χ1v) is 9.83. The monoisotopic (exact) mass is 395 g/mol. The van der Waals surface area contributed by atoms with Crippen LogP contribution in [0.15, 0.2) is 54.7 Å². The maximum Gasteiger partial charge on any atom is 0.244 e. The highest BCUT2D eigenvalue weighted by atomic mass is 35.5. The van der Waals surface area contributed by atoms with Crippen LogP contribution in [0.4, 0.5) is 17.5 Å². The van der Waals surface area contributed by atoms with Crippen LogP contribution in [0.2, 0.25) is 5.02 Å². The second-order valence-corrected chi connectivity index (χ2v) is 7.29. The summed E-state index contributed by atoms with van der Waals surface area (Å²) in [5.41, 5.74) is 1.98. The first-order valence-electron chi connectivity index (χ1n) is 9.45. The number of nitrogens with zero attached hydrogens (tertiary/aromatic N) is 3. The molecule has 1 aromatic heterocycles. The Morgan fingerprint density at radius 1 is 1.00 bits per heavy atom. The predicted octanol–water partition coefficient (Wildman–Crippen LogP) is 5.20. The number of anilines is 3. The zero-order chi connectivity index (χ0) is 19.2. The Labute approximate surface area is 169 Å². The van der Waals surface area contributed by atoms with Crippen LogP contribution in [0, 0.1) is 0 Å². The van der Waals surface area contributed by atoms with Gasteiger partial charge in [-0.05, 0) is 54.8 Å². The first kappa shape index (κ1) is 18.5. The Bertz CT molecular complexity index is 895. The lowest BCUT2D eigenvalue weighted by Gasteiger charge is -2.12. The van der Waals surface area contributed by atoms with Gasteiger partial charge in [0.1, 0.15) is 12.4 Å². The Morgan fingerprint density at radius 2 is 1.75 bits per heavy atom. The molecule has 0 bridgehead atoms. The van der Waals surface area contributed by atoms with Gasteiger partial charge in [-0.2, -0.15) is 10.1 Å². The molecule has 4 rings (SSSR count). The molecule has 1 saturated carbocycles. The minimum atomic E-state index is 0.453. The molecule has 1 aliphatic carbocycles. The van der Waals surface area contributed by atoms with Gasteiger partial charge in [0.25, 0.3) is 0 Å². The third kappa shape index (κ3) is 5.10. The van der Waals surface area contributed by atoms with E-state index >= 15 is 0 Å². The quantitative estimate of drug-likeness (QED) is 0.572. The Kier molecular flexibility index (Phi) is 5.87. The van der Waals surface area contributed by atoms with Gasteiger partial charge in [-0.15, -0.1) is 5.10 Å². The maximum atomic E-state index is 5.90. The van der Waals surface area contributed by atoms with E-state index in [2.05, 4.69) is 25.8 Å². The molecule has 28 heavy (non-hydrogen) atoms. The van der Waals surface area contributed by atoms with Crippen LogP contribution in [-0.4, -0.2) is 21.2 Å². The summed E-state index contributed by atoms with van der Waals surface area (Å²) in [6.45, 7) is 0.496. The number of halogens is 1. The highest BCUT2D eigenvalue weighted by Crippen LogP contribution is 2.22. The minimum absolute atomic E-state index is 0.453. The van der Waals surface area contributed by atoms with Crippen molar-refractivity contribution in [3.05, 3.63) is 65.3 Å². The molecule has 0 amide bonds. The summed E-state index contributed by atoms with van der Waals surface area (Å²) in [6.07, 6.45) is 6.46. The van der Waals surface area contributed by atoms with Crippen LogP contribution in [0.25, 0.3) is 0 Å². The van der Waals surface area contributed by atoms with Crippen LogP contribution in [0.5, 0.6) is 5.75 Å². The first-order chi connectivity index (χ1) is 13.7. The lowest BCUT2D eigenvalue weighted by Crippen LogP contribution is -2.17. The van der Waals surface area contributed by atoms with Crippen LogP contribution >= 0.6 is 11.6 Å². The van der Waals surface area contributed by atoms with E-state index < -0.39 is 0 Å². The third-order valence-corrected chi connectivity index (χ3v) is 4.94. The van der Waals surface area contributed by atoms with Crippen molar-refractivity contribution in [3.8, 4) is 5.75 Å². The summed E-state index contributed by atoms with van der Waals surface area (Å²) in [5.74, 6) is 2.02. The van der Waals surface area contributed by atoms with Gasteiger partial charge in [0.15, 0.2) is 5.82 Å². The van der Waals surface area contributed by atoms with Crippen LogP contribution in [0.3, 0.4) is 0 Å². The van der Waals surface area contributed by atoms with Crippen molar-refractivity contribution in [1.82, 2.24) is 15.2 Å². The molecule has 0 atom stereocenters. The normalized spacial score (nSPS) is 14.0. The molecule has 0 aliphatic heterocycles. The van der Waals surface area contributed by atoms with Gasteiger partial charge in [-0.3, -0.25) is 0 Å². The van der Waals surface area contributed by atoms with Gasteiger partial charge in [-0.1, -0.05) is 36.6 Å². The fourth-order valence-electron chi connectivity index (χ4n) is 3.21. The smallest absolute Gasteiger partial charge is 0.244 e. The Balaban J connectivity index is 1.33. The van der Waals surface area contributed by atoms with Crippen molar-refractivity contribution in [2.24, 2.45) is 0 Å². The second kappa shape index (κ2) is 8.89. The fraction of sp³-hybridized carbons (Fsp3) is 0.286. The number of nitrogens with one attached hydrogen (secondary N) is 2. The highest BCUT2D eigenvalue weighted by Gasteiger charge is 2.15. The van der Waals surface area contributed by atoms with Gasteiger partial charge >= 0.3 is 0 Å². The number of rotatable bonds is 7. The number of ether oxygens (including phenoxy) is 1. The molecule has 2 N–H and O–H groups in total. The third-order valence-electron chi connectivity index (χ3n) is 4.69. The van der Waals surface area contributed by atoms with E-state index in [0.717, 1.165) is 22.0 Å². The van der Waals surface area contributed by atoms with E-state index in [1.807, 2.05) is 48.5 Å². The zero-order valence-electron chi connectivity index (χ0n) is 15.4. The molecule has 0 saturated heterocycles. The average Bonchev–Trinajstić information content (AvgIpc) is 3.22. The minimum Gasteiger partial charge on any atom is -0.489 e. The topological polar surface area (TPSA) is 72.0 Å². The number of hydrogen-bond acceptors (Lipinski definition) is 6. The molecule has 144 valence electrons. The number of hydrogen-bond donors (Lipinski definition) is 2. The molecule has 2 aromatic carbocycles. The van der Waals surface area contributed by atoms with Crippen molar-refractivity contribution in [2.75, 3.05) is 10.6 Å². The number of aromatic nitrogens is 3. The van der Waals surface area contributed by atoms with Crippen LogP contribution < -0.4 is 15.4 Å². The molecule has 1 aliphatic rings. The van der Waals surface area contributed by atoms with E-state index in [9.17, 15) is 0 Å². The molecule has 7 heteroatoms. The van der Waals surface area contributed by atoms with Gasteiger partial charge < -0.3 is 15.4 Å². The van der Waals surface area contributed by atoms with Crippen molar-refractivity contribution >= 4 is 29.1 Å². The summed E-state index contributed by atoms with van der Waals surface area (Å²) in [7, 11) is 0. The molecule has 1 fully saturated rings. The molecular formula is C21H22ClN5O. The SMILES string of the molecule is Clc1ccc(COc2ccc(Nc3cnnc(NC4CCCC4)n3)cc2)cc1. The van der Waals surface area contributed by atoms with Crippen molar-refractivity contribution in [2.45, 2.75) is 38.3 Å². The predicted molar refractivity (Wildman–Crippen MR) is 111 cm³/mol. The molecule has 3 aromatic rings. The Hall–Kier alpha value is -2.86. The fourth-order valence-corrected chi connectivity index (χ4v) is 3.33. The van der Waals surface area contributed by atoms with E-state index in [0.29, 0.717) is 24.4 Å². The number of benzene rings is 2. The average molecular weight is 396 g/mol. The summed E-state index contributed by atoms with van der Waals surface area (Å²) in [6, 6.07) is 15.8. The van der Waals surface area contributed by atoms with Crippen molar-refractivity contribution < 1.29 is 4.74 Å². The second-order valence-electron chi connectivity index (χ2n) is 6.86. The van der Waals surface area contributed by atoms with E-state index in [1.165, 1.54) is 25.7 Å². The molecule has 1 heterocycles. The maximum absolute atomic E-state index is 5.90. The highest BCUT2D eigenvalue weighted by molar-refractivity contribution is 6.30. The van der Waals surface area contributed by atoms with E-state index in [-0.39, 0.29) is 0 Å². The van der Waals surface area contributed by atoms with Gasteiger partial charge in [0.2, 0.25) is 5.95 Å².